The van der Waals surface area contributed by atoms with E-state index in [1.807, 2.05) is 0 Å². The lowest BCUT2D eigenvalue weighted by Gasteiger charge is -2.14. The minimum atomic E-state index is -0.898. The molecule has 1 unspecified atom stereocenters. The van der Waals surface area contributed by atoms with Crippen LogP contribution in [0.5, 0.6) is 5.75 Å². The minimum absolute atomic E-state index is 0.179. The number of halogens is 2. The van der Waals surface area contributed by atoms with E-state index in [0.29, 0.717) is 12.5 Å². The van der Waals surface area contributed by atoms with Crippen LogP contribution in [0.4, 0.5) is 8.78 Å². The Labute approximate surface area is 85.8 Å². The highest BCUT2D eigenvalue weighted by Gasteiger charge is 2.16. The summed E-state index contributed by atoms with van der Waals surface area (Å²) in [6.45, 7) is 1.68. The van der Waals surface area contributed by atoms with Gasteiger partial charge in [0.15, 0.2) is 17.7 Å². The molecule has 0 spiro atoms. The van der Waals surface area contributed by atoms with Crippen LogP contribution in [0.1, 0.15) is 13.3 Å². The molecule has 82 valence electrons. The summed E-state index contributed by atoms with van der Waals surface area (Å²) >= 11 is 0. The number of hydrogen-bond donors (Lipinski definition) is 1. The maximum atomic E-state index is 13.1. The van der Waals surface area contributed by atoms with Crippen molar-refractivity contribution in [2.24, 2.45) is 5.73 Å². The van der Waals surface area contributed by atoms with Crippen molar-refractivity contribution in [3.05, 3.63) is 29.8 Å². The van der Waals surface area contributed by atoms with Crippen molar-refractivity contribution >= 4 is 5.91 Å². The molecule has 3 nitrogen and oxygen atoms in total. The van der Waals surface area contributed by atoms with Gasteiger partial charge in [-0.3, -0.25) is 4.79 Å². The predicted molar refractivity (Wildman–Crippen MR) is 50.3 cm³/mol. The van der Waals surface area contributed by atoms with Gasteiger partial charge < -0.3 is 10.5 Å². The summed E-state index contributed by atoms with van der Waals surface area (Å²) in [6, 6.07) is 2.85. The summed E-state index contributed by atoms with van der Waals surface area (Å²) < 4.78 is 30.6. The first kappa shape index (κ1) is 11.4. The average Bonchev–Trinajstić information content (AvgIpc) is 2.16. The smallest absolute Gasteiger partial charge is 0.258 e. The second kappa shape index (κ2) is 4.72. The van der Waals surface area contributed by atoms with E-state index in [0.717, 1.165) is 12.1 Å². The Morgan fingerprint density at radius 3 is 2.67 bits per heavy atom. The van der Waals surface area contributed by atoms with Crippen molar-refractivity contribution in [3.63, 3.8) is 0 Å². The second-order valence-electron chi connectivity index (χ2n) is 2.99. The highest BCUT2D eigenvalue weighted by molar-refractivity contribution is 5.79. The van der Waals surface area contributed by atoms with Gasteiger partial charge in [0.25, 0.3) is 5.91 Å². The van der Waals surface area contributed by atoms with E-state index in [2.05, 4.69) is 0 Å². The van der Waals surface area contributed by atoms with Crippen molar-refractivity contribution in [1.29, 1.82) is 0 Å². The summed E-state index contributed by atoms with van der Waals surface area (Å²) in [5.41, 5.74) is 5.01. The zero-order valence-corrected chi connectivity index (χ0v) is 8.17. The Balaban J connectivity index is 2.84. The Morgan fingerprint density at radius 2 is 2.20 bits per heavy atom. The first-order chi connectivity index (χ1) is 7.04. The number of benzene rings is 1. The predicted octanol–water partition coefficient (Wildman–Crippen LogP) is 1.61. The largest absolute Gasteiger partial charge is 0.478 e. The van der Waals surface area contributed by atoms with Gasteiger partial charge in [0, 0.05) is 6.07 Å². The quantitative estimate of drug-likeness (QED) is 0.829. The third kappa shape index (κ3) is 2.90. The van der Waals surface area contributed by atoms with Crippen LogP contribution in [0.2, 0.25) is 0 Å². The van der Waals surface area contributed by atoms with Crippen molar-refractivity contribution < 1.29 is 18.3 Å². The highest BCUT2D eigenvalue weighted by atomic mass is 19.1. The standard InChI is InChI=1S/C10H11F2NO2/c1-2-8(10(13)14)15-9-4-3-6(11)5-7(9)12/h3-5,8H,2H2,1H3,(H2,13,14). The molecule has 5 heteroatoms. The van der Waals surface area contributed by atoms with Gasteiger partial charge in [0.05, 0.1) is 0 Å². The van der Waals surface area contributed by atoms with Crippen LogP contribution in [0.25, 0.3) is 0 Å². The molecule has 0 aliphatic heterocycles. The van der Waals surface area contributed by atoms with Crippen molar-refractivity contribution in [1.82, 2.24) is 0 Å². The fourth-order valence-electron chi connectivity index (χ4n) is 1.07. The summed E-state index contributed by atoms with van der Waals surface area (Å²) in [4.78, 5) is 10.8. The van der Waals surface area contributed by atoms with Crippen LogP contribution < -0.4 is 10.5 Å². The molecule has 1 rings (SSSR count). The number of carbonyl (C=O) groups excluding carboxylic acids is 1. The van der Waals surface area contributed by atoms with Crippen molar-refractivity contribution in [2.45, 2.75) is 19.4 Å². The molecule has 0 fully saturated rings. The van der Waals surface area contributed by atoms with Gasteiger partial charge in [0.2, 0.25) is 0 Å². The minimum Gasteiger partial charge on any atom is -0.478 e. The van der Waals surface area contributed by atoms with Gasteiger partial charge in [-0.25, -0.2) is 8.78 Å². The molecule has 0 heterocycles. The molecule has 0 bridgehead atoms. The van der Waals surface area contributed by atoms with Gasteiger partial charge >= 0.3 is 0 Å². The molecule has 15 heavy (non-hydrogen) atoms. The second-order valence-corrected chi connectivity index (χ2v) is 2.99. The Bertz CT molecular complexity index is 368. The Morgan fingerprint density at radius 1 is 1.53 bits per heavy atom. The zero-order valence-electron chi connectivity index (χ0n) is 8.17. The van der Waals surface area contributed by atoms with Crippen LogP contribution in [-0.2, 0) is 4.79 Å². The van der Waals surface area contributed by atoms with Crippen LogP contribution in [0.15, 0.2) is 18.2 Å². The Kier molecular flexibility index (Phi) is 3.60. The van der Waals surface area contributed by atoms with E-state index in [1.54, 1.807) is 6.92 Å². The molecular formula is C10H11F2NO2. The number of primary amides is 1. The first-order valence-electron chi connectivity index (χ1n) is 4.45. The fraction of sp³-hybridized carbons (Fsp3) is 0.300. The maximum Gasteiger partial charge on any atom is 0.258 e. The van der Waals surface area contributed by atoms with Crippen LogP contribution in [0, 0.1) is 11.6 Å². The summed E-state index contributed by atoms with van der Waals surface area (Å²) in [5.74, 6) is -2.41. The lowest BCUT2D eigenvalue weighted by molar-refractivity contribution is -0.124. The molecule has 2 N–H and O–H groups in total. The van der Waals surface area contributed by atoms with Crippen LogP contribution in [-0.4, -0.2) is 12.0 Å². The highest BCUT2D eigenvalue weighted by Crippen LogP contribution is 2.19. The topological polar surface area (TPSA) is 52.3 Å². The first-order valence-corrected chi connectivity index (χ1v) is 4.45. The Hall–Kier alpha value is -1.65. The summed E-state index contributed by atoms with van der Waals surface area (Å²) in [5, 5.41) is 0. The maximum absolute atomic E-state index is 13.1. The number of rotatable bonds is 4. The molecule has 0 aromatic heterocycles. The third-order valence-corrected chi connectivity index (χ3v) is 1.85. The van der Waals surface area contributed by atoms with E-state index in [9.17, 15) is 13.6 Å². The summed E-state index contributed by atoms with van der Waals surface area (Å²) in [6.07, 6.45) is -0.573. The van der Waals surface area contributed by atoms with Gasteiger partial charge in [-0.2, -0.15) is 0 Å². The monoisotopic (exact) mass is 215 g/mol. The number of hydrogen-bond acceptors (Lipinski definition) is 2. The van der Waals surface area contributed by atoms with Crippen LogP contribution in [0.3, 0.4) is 0 Å². The van der Waals surface area contributed by atoms with E-state index in [1.165, 1.54) is 0 Å². The molecule has 0 radical (unpaired) electrons. The molecule has 1 amide bonds. The number of nitrogens with two attached hydrogens (primary N) is 1. The van der Waals surface area contributed by atoms with Crippen LogP contribution >= 0.6 is 0 Å². The third-order valence-electron chi connectivity index (χ3n) is 1.85. The molecule has 1 aromatic rings. The summed E-state index contributed by atoms with van der Waals surface area (Å²) in [7, 11) is 0. The normalized spacial score (nSPS) is 12.2. The molecule has 0 aliphatic rings. The number of carbonyl (C=O) groups is 1. The van der Waals surface area contributed by atoms with Gasteiger partial charge in [0.1, 0.15) is 5.82 Å². The van der Waals surface area contributed by atoms with E-state index >= 15 is 0 Å². The molecule has 0 saturated carbocycles. The van der Waals surface area contributed by atoms with E-state index in [4.69, 9.17) is 10.5 Å². The average molecular weight is 215 g/mol. The molecule has 0 aliphatic carbocycles. The molecule has 0 saturated heterocycles. The van der Waals surface area contributed by atoms with Gasteiger partial charge in [-0.15, -0.1) is 0 Å². The van der Waals surface area contributed by atoms with Crippen molar-refractivity contribution in [2.75, 3.05) is 0 Å². The van der Waals surface area contributed by atoms with E-state index < -0.39 is 23.6 Å². The lowest BCUT2D eigenvalue weighted by Crippen LogP contribution is -2.33. The zero-order chi connectivity index (χ0) is 11.4. The number of ether oxygens (including phenoxy) is 1. The van der Waals surface area contributed by atoms with Gasteiger partial charge in [-0.05, 0) is 18.6 Å². The molecule has 1 aromatic carbocycles. The van der Waals surface area contributed by atoms with Crippen molar-refractivity contribution in [3.8, 4) is 5.75 Å². The van der Waals surface area contributed by atoms with E-state index in [-0.39, 0.29) is 5.75 Å². The molecular weight excluding hydrogens is 204 g/mol. The lowest BCUT2D eigenvalue weighted by atomic mass is 10.2. The number of amides is 1. The SMILES string of the molecule is CCC(Oc1ccc(F)cc1F)C(N)=O. The van der Waals surface area contributed by atoms with Gasteiger partial charge in [-0.1, -0.05) is 6.92 Å². The molecule has 1 atom stereocenters. The fourth-order valence-corrected chi connectivity index (χ4v) is 1.07.